The predicted molar refractivity (Wildman–Crippen MR) is 259 cm³/mol. The molecule has 4 heterocycles. The molecule has 294 valence electrons. The number of para-hydroxylation sites is 1. The van der Waals surface area contributed by atoms with E-state index in [1.165, 1.54) is 10.8 Å². The Kier molecular flexibility index (Phi) is 8.75. The van der Waals surface area contributed by atoms with E-state index in [1.54, 1.807) is 0 Å². The number of hydrogen-bond donors (Lipinski definition) is 0. The van der Waals surface area contributed by atoms with Crippen molar-refractivity contribution in [3.8, 4) is 78.8 Å². The van der Waals surface area contributed by atoms with Gasteiger partial charge in [0.25, 0.3) is 0 Å². The highest BCUT2D eigenvalue weighted by molar-refractivity contribution is 6.17. The van der Waals surface area contributed by atoms with Gasteiger partial charge in [-0.1, -0.05) is 194 Å². The molecular formula is C58H37N5. The van der Waals surface area contributed by atoms with Crippen LogP contribution in [0.3, 0.4) is 0 Å². The average molecular weight is 804 g/mol. The van der Waals surface area contributed by atoms with Crippen LogP contribution in [0.25, 0.3) is 117 Å². The van der Waals surface area contributed by atoms with Crippen molar-refractivity contribution in [1.29, 1.82) is 0 Å². The Morgan fingerprint density at radius 3 is 1.56 bits per heavy atom. The van der Waals surface area contributed by atoms with Crippen LogP contribution in [0.4, 0.5) is 0 Å². The lowest BCUT2D eigenvalue weighted by Crippen LogP contribution is -1.95. The summed E-state index contributed by atoms with van der Waals surface area (Å²) >= 11 is 0. The number of rotatable bonds is 7. The Bertz CT molecular complexity index is 3580. The Balaban J connectivity index is 0.955. The first kappa shape index (κ1) is 36.3. The molecule has 0 amide bonds. The highest BCUT2D eigenvalue weighted by Gasteiger charge is 2.21. The van der Waals surface area contributed by atoms with Crippen LogP contribution in [0.2, 0.25) is 0 Å². The Morgan fingerprint density at radius 1 is 0.317 bits per heavy atom. The molecule has 0 aliphatic rings. The zero-order valence-electron chi connectivity index (χ0n) is 34.1. The first-order valence-corrected chi connectivity index (χ1v) is 21.2. The second kappa shape index (κ2) is 15.2. The van der Waals surface area contributed by atoms with Crippen LogP contribution < -0.4 is 0 Å². The third kappa shape index (κ3) is 6.51. The molecule has 0 N–H and O–H groups in total. The molecule has 0 fully saturated rings. The maximum Gasteiger partial charge on any atom is 0.160 e. The van der Waals surface area contributed by atoms with E-state index < -0.39 is 0 Å². The largest absolute Gasteiger partial charge is 0.298 e. The number of nitrogens with zero attached hydrogens (tertiary/aromatic N) is 5. The third-order valence-electron chi connectivity index (χ3n) is 12.0. The van der Waals surface area contributed by atoms with Gasteiger partial charge in [-0.2, -0.15) is 0 Å². The van der Waals surface area contributed by atoms with Gasteiger partial charge >= 0.3 is 0 Å². The molecule has 8 aromatic carbocycles. The molecule has 4 aromatic heterocycles. The molecule has 0 aliphatic carbocycles. The van der Waals surface area contributed by atoms with Gasteiger partial charge in [0.15, 0.2) is 5.82 Å². The van der Waals surface area contributed by atoms with Crippen molar-refractivity contribution in [2.75, 3.05) is 0 Å². The van der Waals surface area contributed by atoms with E-state index in [0.29, 0.717) is 5.82 Å². The summed E-state index contributed by atoms with van der Waals surface area (Å²) in [6, 6.07) is 76.3. The van der Waals surface area contributed by atoms with Crippen LogP contribution in [0.5, 0.6) is 0 Å². The number of hydrogen-bond acceptors (Lipinski definition) is 4. The summed E-state index contributed by atoms with van der Waals surface area (Å²) < 4.78 is 2.26. The number of aromatic nitrogens is 5. The van der Waals surface area contributed by atoms with Gasteiger partial charge in [-0.05, 0) is 46.2 Å². The van der Waals surface area contributed by atoms with Crippen molar-refractivity contribution in [3.05, 3.63) is 225 Å². The van der Waals surface area contributed by atoms with Crippen LogP contribution in [0, 0.1) is 0 Å². The van der Waals surface area contributed by atoms with Gasteiger partial charge in [0.2, 0.25) is 0 Å². The molecule has 5 nitrogen and oxygen atoms in total. The minimum Gasteiger partial charge on any atom is -0.298 e. The standard InChI is InChI=1S/C58H37N5/c1-4-15-41(16-5-1)51-37-52(61-57(60-51)45-19-8-3-9-20-45)42-29-24-39(25-30-42)40-26-31-43(32-27-40)55-56(44-17-6-2-7-18-44)63-35-34-49-53(58(63)62-55)48-22-12-13-23-50(48)59-54(49)47-33-28-38-14-10-11-21-46(38)36-47/h1-37H. The molecule has 12 rings (SSSR count). The molecule has 0 atom stereocenters. The molecule has 0 spiro atoms. The van der Waals surface area contributed by atoms with E-state index in [1.807, 2.05) is 36.4 Å². The minimum absolute atomic E-state index is 0.705. The van der Waals surface area contributed by atoms with E-state index in [4.69, 9.17) is 19.9 Å². The summed E-state index contributed by atoms with van der Waals surface area (Å²) in [6.07, 6.45) is 2.16. The van der Waals surface area contributed by atoms with E-state index in [2.05, 4.69) is 193 Å². The van der Waals surface area contributed by atoms with Crippen LogP contribution >= 0.6 is 0 Å². The zero-order chi connectivity index (χ0) is 41.7. The SMILES string of the molecule is c1ccc(-c2cc(-c3ccc(-c4ccc(-c5nc6c7c(ccn6c5-c5ccccc5)c(-c5ccc6ccccc6c5)nc5ccccc57)cc4)cc3)nc(-c3ccccc3)n2)cc1. The highest BCUT2D eigenvalue weighted by atomic mass is 15.0. The van der Waals surface area contributed by atoms with E-state index in [-0.39, 0.29) is 0 Å². The average Bonchev–Trinajstić information content (AvgIpc) is 3.77. The zero-order valence-corrected chi connectivity index (χ0v) is 34.1. The normalized spacial score (nSPS) is 11.5. The predicted octanol–water partition coefficient (Wildman–Crippen LogP) is 14.6. The highest BCUT2D eigenvalue weighted by Crippen LogP contribution is 2.41. The van der Waals surface area contributed by atoms with Gasteiger partial charge in [-0.15, -0.1) is 0 Å². The second-order valence-electron chi connectivity index (χ2n) is 15.9. The van der Waals surface area contributed by atoms with Gasteiger partial charge in [0.1, 0.15) is 5.65 Å². The molecule has 12 aromatic rings. The summed E-state index contributed by atoms with van der Waals surface area (Å²) in [5, 5.41) is 5.63. The number of fused-ring (bicyclic) bond motifs is 6. The fourth-order valence-corrected chi connectivity index (χ4v) is 8.89. The van der Waals surface area contributed by atoms with Gasteiger partial charge < -0.3 is 0 Å². The minimum atomic E-state index is 0.705. The fraction of sp³-hybridized carbons (Fsp3) is 0. The molecule has 0 bridgehead atoms. The van der Waals surface area contributed by atoms with Crippen molar-refractivity contribution < 1.29 is 0 Å². The molecule has 0 unspecified atom stereocenters. The molecule has 0 radical (unpaired) electrons. The third-order valence-corrected chi connectivity index (χ3v) is 12.0. The summed E-state index contributed by atoms with van der Waals surface area (Å²) in [4.78, 5) is 20.8. The van der Waals surface area contributed by atoms with Gasteiger partial charge in [0, 0.05) is 55.7 Å². The lowest BCUT2D eigenvalue weighted by molar-refractivity contribution is 1.18. The van der Waals surface area contributed by atoms with Crippen molar-refractivity contribution in [2.24, 2.45) is 0 Å². The number of pyridine rings is 2. The van der Waals surface area contributed by atoms with Crippen molar-refractivity contribution >= 4 is 38.1 Å². The quantitative estimate of drug-likeness (QED) is 0.151. The topological polar surface area (TPSA) is 56.0 Å². The van der Waals surface area contributed by atoms with Gasteiger partial charge in [-0.3, -0.25) is 4.40 Å². The molecule has 5 heteroatoms. The van der Waals surface area contributed by atoms with Crippen molar-refractivity contribution in [3.63, 3.8) is 0 Å². The first-order chi connectivity index (χ1) is 31.2. The lowest BCUT2D eigenvalue weighted by atomic mass is 9.99. The van der Waals surface area contributed by atoms with E-state index in [0.717, 1.165) is 100 Å². The molecule has 0 saturated carbocycles. The van der Waals surface area contributed by atoms with E-state index in [9.17, 15) is 0 Å². The lowest BCUT2D eigenvalue weighted by Gasteiger charge is -2.12. The van der Waals surface area contributed by atoms with Crippen LogP contribution in [-0.4, -0.2) is 24.3 Å². The smallest absolute Gasteiger partial charge is 0.160 e. The summed E-state index contributed by atoms with van der Waals surface area (Å²) in [5.41, 5.74) is 15.1. The van der Waals surface area contributed by atoms with Gasteiger partial charge in [-0.25, -0.2) is 19.9 Å². The van der Waals surface area contributed by atoms with Crippen molar-refractivity contribution in [2.45, 2.75) is 0 Å². The summed E-state index contributed by atoms with van der Waals surface area (Å²) in [6.45, 7) is 0. The van der Waals surface area contributed by atoms with Gasteiger partial charge in [0.05, 0.1) is 34.0 Å². The van der Waals surface area contributed by atoms with Crippen molar-refractivity contribution in [1.82, 2.24) is 24.3 Å². The molecular weight excluding hydrogens is 767 g/mol. The Hall–Kier alpha value is -8.54. The van der Waals surface area contributed by atoms with E-state index >= 15 is 0 Å². The maximum atomic E-state index is 5.55. The second-order valence-corrected chi connectivity index (χ2v) is 15.9. The monoisotopic (exact) mass is 803 g/mol. The number of imidazole rings is 1. The molecule has 63 heavy (non-hydrogen) atoms. The summed E-state index contributed by atoms with van der Waals surface area (Å²) in [7, 11) is 0. The number of benzene rings is 8. The van der Waals surface area contributed by atoms with Crippen LogP contribution in [-0.2, 0) is 0 Å². The molecule has 0 aliphatic heterocycles. The Labute approximate surface area is 364 Å². The fourth-order valence-electron chi connectivity index (χ4n) is 8.89. The first-order valence-electron chi connectivity index (χ1n) is 21.2. The molecule has 0 saturated heterocycles. The maximum absolute atomic E-state index is 5.55. The van der Waals surface area contributed by atoms with Crippen LogP contribution in [0.15, 0.2) is 225 Å². The Morgan fingerprint density at radius 2 is 0.857 bits per heavy atom. The van der Waals surface area contributed by atoms with Crippen LogP contribution in [0.1, 0.15) is 0 Å². The summed E-state index contributed by atoms with van der Waals surface area (Å²) in [5.74, 6) is 0.705.